The van der Waals surface area contributed by atoms with Gasteiger partial charge in [-0.3, -0.25) is 4.79 Å². The van der Waals surface area contributed by atoms with Crippen molar-refractivity contribution in [3.63, 3.8) is 0 Å². The predicted octanol–water partition coefficient (Wildman–Crippen LogP) is 2.36. The number of carbonyl (C=O) groups is 1. The van der Waals surface area contributed by atoms with Crippen molar-refractivity contribution < 1.29 is 18.3 Å². The molecule has 1 saturated carbocycles. The summed E-state index contributed by atoms with van der Waals surface area (Å²) in [7, 11) is -3.26. The molecule has 0 aliphatic heterocycles. The summed E-state index contributed by atoms with van der Waals surface area (Å²) in [6.07, 6.45) is 2.92. The van der Waals surface area contributed by atoms with E-state index in [1.807, 2.05) is 0 Å². The van der Waals surface area contributed by atoms with E-state index < -0.39 is 15.8 Å². The molecule has 0 amide bonds. The zero-order chi connectivity index (χ0) is 13.6. The Balaban J connectivity index is 2.39. The Morgan fingerprint density at radius 2 is 2.06 bits per heavy atom. The SMILES string of the molecule is CS(=O)(=O)c1ccc(C2(CC(=O)O)CC2)cc1Br. The van der Waals surface area contributed by atoms with Gasteiger partial charge in [-0.1, -0.05) is 6.07 Å². The molecule has 0 heterocycles. The summed E-state index contributed by atoms with van der Waals surface area (Å²) in [6.45, 7) is 0. The van der Waals surface area contributed by atoms with Crippen LogP contribution >= 0.6 is 15.9 Å². The lowest BCUT2D eigenvalue weighted by Crippen LogP contribution is -2.13. The zero-order valence-corrected chi connectivity index (χ0v) is 12.2. The predicted molar refractivity (Wildman–Crippen MR) is 70.4 cm³/mol. The number of rotatable bonds is 4. The summed E-state index contributed by atoms with van der Waals surface area (Å²) < 4.78 is 23.5. The van der Waals surface area contributed by atoms with Gasteiger partial charge in [-0.05, 0) is 46.5 Å². The molecule has 2 rings (SSSR count). The van der Waals surface area contributed by atoms with Gasteiger partial charge in [0, 0.05) is 16.1 Å². The smallest absolute Gasteiger partial charge is 0.304 e. The summed E-state index contributed by atoms with van der Waals surface area (Å²) in [5.74, 6) is -0.823. The van der Waals surface area contributed by atoms with Gasteiger partial charge in [-0.15, -0.1) is 0 Å². The number of aliphatic carboxylic acids is 1. The number of benzene rings is 1. The molecule has 98 valence electrons. The Kier molecular flexibility index (Phi) is 3.27. The minimum Gasteiger partial charge on any atom is -0.481 e. The highest BCUT2D eigenvalue weighted by Crippen LogP contribution is 2.51. The highest BCUT2D eigenvalue weighted by atomic mass is 79.9. The van der Waals surface area contributed by atoms with Crippen LogP contribution in [0.5, 0.6) is 0 Å². The van der Waals surface area contributed by atoms with E-state index in [4.69, 9.17) is 5.11 Å². The van der Waals surface area contributed by atoms with Crippen molar-refractivity contribution in [2.24, 2.45) is 0 Å². The van der Waals surface area contributed by atoms with Crippen molar-refractivity contribution >= 4 is 31.7 Å². The molecule has 0 atom stereocenters. The minimum atomic E-state index is -3.26. The number of halogens is 1. The van der Waals surface area contributed by atoms with Crippen LogP contribution in [0, 0.1) is 0 Å². The Bertz CT molecular complexity index is 603. The minimum absolute atomic E-state index is 0.0949. The Hall–Kier alpha value is -0.880. The Morgan fingerprint density at radius 3 is 2.44 bits per heavy atom. The molecule has 0 bridgehead atoms. The molecular weight excluding hydrogens is 320 g/mol. The molecule has 4 nitrogen and oxygen atoms in total. The fourth-order valence-electron chi connectivity index (χ4n) is 2.14. The van der Waals surface area contributed by atoms with Crippen LogP contribution in [0.1, 0.15) is 24.8 Å². The van der Waals surface area contributed by atoms with Crippen molar-refractivity contribution in [2.75, 3.05) is 6.26 Å². The second kappa shape index (κ2) is 4.35. The van der Waals surface area contributed by atoms with E-state index in [0.29, 0.717) is 4.47 Å². The van der Waals surface area contributed by atoms with Crippen LogP contribution in [-0.2, 0) is 20.0 Å². The molecule has 6 heteroatoms. The van der Waals surface area contributed by atoms with E-state index in [1.165, 1.54) is 6.07 Å². The van der Waals surface area contributed by atoms with E-state index in [2.05, 4.69) is 15.9 Å². The Morgan fingerprint density at radius 1 is 1.44 bits per heavy atom. The molecule has 1 aliphatic rings. The third kappa shape index (κ3) is 2.59. The second-order valence-corrected chi connectivity index (χ2v) is 7.61. The van der Waals surface area contributed by atoms with Crippen molar-refractivity contribution in [3.8, 4) is 0 Å². The van der Waals surface area contributed by atoms with E-state index >= 15 is 0 Å². The zero-order valence-electron chi connectivity index (χ0n) is 9.81. The fourth-order valence-corrected chi connectivity index (χ4v) is 4.13. The van der Waals surface area contributed by atoms with Gasteiger partial charge in [-0.25, -0.2) is 8.42 Å². The van der Waals surface area contributed by atoms with Gasteiger partial charge in [0.2, 0.25) is 0 Å². The highest BCUT2D eigenvalue weighted by molar-refractivity contribution is 9.10. The topological polar surface area (TPSA) is 71.4 Å². The van der Waals surface area contributed by atoms with Crippen LogP contribution < -0.4 is 0 Å². The summed E-state index contributed by atoms with van der Waals surface area (Å²) in [6, 6.07) is 4.99. The van der Waals surface area contributed by atoms with Crippen LogP contribution in [0.4, 0.5) is 0 Å². The fraction of sp³-hybridized carbons (Fsp3) is 0.417. The lowest BCUT2D eigenvalue weighted by atomic mass is 9.93. The quantitative estimate of drug-likeness (QED) is 0.918. The largest absolute Gasteiger partial charge is 0.481 e. The number of hydrogen-bond acceptors (Lipinski definition) is 3. The maximum Gasteiger partial charge on any atom is 0.304 e. The number of sulfone groups is 1. The molecule has 1 aromatic rings. The standard InChI is InChI=1S/C12H13BrO4S/c1-18(16,17)10-3-2-8(6-9(10)13)12(4-5-12)7-11(14)15/h2-3,6H,4-5,7H2,1H3,(H,14,15). The first-order valence-corrected chi connectivity index (χ1v) is 8.15. The maximum absolute atomic E-state index is 11.5. The molecule has 0 spiro atoms. The molecule has 0 aromatic heterocycles. The van der Waals surface area contributed by atoms with Gasteiger partial charge in [0.05, 0.1) is 11.3 Å². The molecular formula is C12H13BrO4S. The molecule has 1 aromatic carbocycles. The van der Waals surface area contributed by atoms with Crippen LogP contribution in [0.3, 0.4) is 0 Å². The van der Waals surface area contributed by atoms with Crippen LogP contribution in [0.25, 0.3) is 0 Å². The first kappa shape index (κ1) is 13.5. The molecule has 18 heavy (non-hydrogen) atoms. The van der Waals surface area contributed by atoms with Gasteiger partial charge in [0.15, 0.2) is 9.84 Å². The molecule has 1 N–H and O–H groups in total. The Labute approximate surface area is 114 Å². The van der Waals surface area contributed by atoms with Crippen LogP contribution in [-0.4, -0.2) is 25.7 Å². The lowest BCUT2D eigenvalue weighted by Gasteiger charge is -2.14. The normalized spacial score (nSPS) is 17.4. The number of carboxylic acids is 1. The average Bonchev–Trinajstić information content (AvgIpc) is 2.95. The van der Waals surface area contributed by atoms with E-state index in [-0.39, 0.29) is 16.7 Å². The summed E-state index contributed by atoms with van der Waals surface area (Å²) in [5, 5.41) is 8.90. The first-order valence-electron chi connectivity index (χ1n) is 5.46. The van der Waals surface area contributed by atoms with Gasteiger partial charge in [0.25, 0.3) is 0 Å². The van der Waals surface area contributed by atoms with Crippen molar-refractivity contribution in [2.45, 2.75) is 29.6 Å². The van der Waals surface area contributed by atoms with Crippen molar-refractivity contribution in [3.05, 3.63) is 28.2 Å². The molecule has 0 unspecified atom stereocenters. The average molecular weight is 333 g/mol. The molecule has 0 saturated heterocycles. The lowest BCUT2D eigenvalue weighted by molar-refractivity contribution is -0.137. The number of carboxylic acid groups (broad SMARTS) is 1. The van der Waals surface area contributed by atoms with Gasteiger partial charge in [0.1, 0.15) is 0 Å². The summed E-state index contributed by atoms with van der Waals surface area (Å²) in [4.78, 5) is 11.1. The summed E-state index contributed by atoms with van der Waals surface area (Å²) in [5.41, 5.74) is 0.592. The molecule has 1 fully saturated rings. The van der Waals surface area contributed by atoms with E-state index in [1.54, 1.807) is 12.1 Å². The monoisotopic (exact) mass is 332 g/mol. The first-order chi connectivity index (χ1) is 8.24. The van der Waals surface area contributed by atoms with Gasteiger partial charge < -0.3 is 5.11 Å². The summed E-state index contributed by atoms with van der Waals surface area (Å²) >= 11 is 3.24. The van der Waals surface area contributed by atoms with Crippen molar-refractivity contribution in [1.29, 1.82) is 0 Å². The van der Waals surface area contributed by atoms with E-state index in [9.17, 15) is 13.2 Å². The molecule has 0 radical (unpaired) electrons. The van der Waals surface area contributed by atoms with Crippen molar-refractivity contribution in [1.82, 2.24) is 0 Å². The van der Waals surface area contributed by atoms with Gasteiger partial charge in [-0.2, -0.15) is 0 Å². The molecule has 1 aliphatic carbocycles. The van der Waals surface area contributed by atoms with Crippen LogP contribution in [0.15, 0.2) is 27.6 Å². The highest BCUT2D eigenvalue weighted by Gasteiger charge is 2.46. The number of hydrogen-bond donors (Lipinski definition) is 1. The maximum atomic E-state index is 11.5. The second-order valence-electron chi connectivity index (χ2n) is 4.77. The van der Waals surface area contributed by atoms with Crippen LogP contribution in [0.2, 0.25) is 0 Å². The third-order valence-electron chi connectivity index (χ3n) is 3.29. The van der Waals surface area contributed by atoms with Gasteiger partial charge >= 0.3 is 5.97 Å². The third-order valence-corrected chi connectivity index (χ3v) is 5.36. The van der Waals surface area contributed by atoms with E-state index in [0.717, 1.165) is 24.7 Å².